The molecular weight excluding hydrogens is 340 g/mol. The second-order valence-corrected chi connectivity index (χ2v) is 7.12. The highest BCUT2D eigenvalue weighted by atomic mass is 16.5. The van der Waals surface area contributed by atoms with E-state index in [4.69, 9.17) is 9.47 Å². The number of amides is 1. The Morgan fingerprint density at radius 3 is 2.89 bits per heavy atom. The minimum Gasteiger partial charge on any atom is -0.376 e. The molecule has 0 N–H and O–H groups in total. The fourth-order valence-corrected chi connectivity index (χ4v) is 3.29. The molecule has 2 aromatic rings. The van der Waals surface area contributed by atoms with E-state index < -0.39 is 6.10 Å². The van der Waals surface area contributed by atoms with Crippen LogP contribution >= 0.6 is 0 Å². The molecule has 3 rings (SSSR count). The third kappa shape index (κ3) is 5.88. The highest BCUT2D eigenvalue weighted by Crippen LogP contribution is 2.16. The van der Waals surface area contributed by atoms with Crippen molar-refractivity contribution in [3.8, 4) is 0 Å². The summed E-state index contributed by atoms with van der Waals surface area (Å²) in [5.74, 6) is -0.0276. The van der Waals surface area contributed by atoms with Gasteiger partial charge in [0.2, 0.25) is 0 Å². The van der Waals surface area contributed by atoms with Gasteiger partial charge in [0.05, 0.1) is 24.9 Å². The summed E-state index contributed by atoms with van der Waals surface area (Å²) in [5, 5.41) is 0. The van der Waals surface area contributed by atoms with Crippen molar-refractivity contribution in [2.75, 3.05) is 13.2 Å². The van der Waals surface area contributed by atoms with E-state index in [0.29, 0.717) is 19.7 Å². The van der Waals surface area contributed by atoms with Crippen molar-refractivity contribution in [1.29, 1.82) is 0 Å². The fourth-order valence-electron chi connectivity index (χ4n) is 3.29. The number of benzene rings is 1. The maximum Gasteiger partial charge on any atom is 0.252 e. The number of carbonyl (C=O) groups excluding carboxylic acids is 1. The lowest BCUT2D eigenvalue weighted by Gasteiger charge is -2.26. The molecule has 0 spiro atoms. The molecule has 1 fully saturated rings. The lowest BCUT2D eigenvalue weighted by molar-refractivity contribution is -0.146. The molecule has 144 valence electrons. The predicted molar refractivity (Wildman–Crippen MR) is 104 cm³/mol. The number of ether oxygens (including phenoxy) is 2. The van der Waals surface area contributed by atoms with Crippen LogP contribution in [-0.4, -0.2) is 41.2 Å². The van der Waals surface area contributed by atoms with Crippen molar-refractivity contribution in [3.05, 3.63) is 65.5 Å². The van der Waals surface area contributed by atoms with Crippen LogP contribution in [0.1, 0.15) is 36.6 Å². The third-order valence-electron chi connectivity index (χ3n) is 4.75. The Kier molecular flexibility index (Phi) is 6.96. The Morgan fingerprint density at radius 2 is 2.19 bits per heavy atom. The molecule has 1 aliphatic rings. The summed E-state index contributed by atoms with van der Waals surface area (Å²) in [6.07, 6.45) is 3.42. The van der Waals surface area contributed by atoms with Gasteiger partial charge in [-0.05, 0) is 44.4 Å². The molecule has 5 nitrogen and oxygen atoms in total. The number of aromatic nitrogens is 1. The molecule has 2 heterocycles. The first kappa shape index (κ1) is 19.5. The molecule has 1 saturated heterocycles. The molecule has 0 radical (unpaired) electrons. The van der Waals surface area contributed by atoms with Crippen LogP contribution < -0.4 is 0 Å². The van der Waals surface area contributed by atoms with Crippen LogP contribution in [0.4, 0.5) is 0 Å². The normalized spacial score (nSPS) is 17.6. The molecule has 27 heavy (non-hydrogen) atoms. The van der Waals surface area contributed by atoms with Crippen LogP contribution in [0.15, 0.2) is 48.7 Å². The van der Waals surface area contributed by atoms with E-state index in [1.54, 1.807) is 6.20 Å². The fraction of sp³-hybridized carbons (Fsp3) is 0.455. The van der Waals surface area contributed by atoms with Gasteiger partial charge in [-0.15, -0.1) is 0 Å². The summed E-state index contributed by atoms with van der Waals surface area (Å²) >= 11 is 0. The van der Waals surface area contributed by atoms with Crippen molar-refractivity contribution in [2.24, 2.45) is 0 Å². The molecule has 1 amide bonds. The van der Waals surface area contributed by atoms with Crippen LogP contribution in [0.25, 0.3) is 0 Å². The number of carbonyl (C=O) groups is 1. The number of hydrogen-bond acceptors (Lipinski definition) is 4. The summed E-state index contributed by atoms with van der Waals surface area (Å²) < 4.78 is 11.4. The standard InChI is InChI=1S/C22H28N2O3/c1-17-7-5-8-19(13-17)14-24(15-20-9-3-4-11-23-20)22(25)18(2)27-16-21-10-6-12-26-21/h3-5,7-9,11,13,18,21H,6,10,12,14-16H2,1-2H3. The van der Waals surface area contributed by atoms with Gasteiger partial charge < -0.3 is 14.4 Å². The number of nitrogens with zero attached hydrogens (tertiary/aromatic N) is 2. The Bertz CT molecular complexity index is 729. The lowest BCUT2D eigenvalue weighted by Crippen LogP contribution is -2.39. The van der Waals surface area contributed by atoms with E-state index in [0.717, 1.165) is 30.7 Å². The molecule has 2 unspecified atom stereocenters. The van der Waals surface area contributed by atoms with Crippen LogP contribution in [0.5, 0.6) is 0 Å². The van der Waals surface area contributed by atoms with E-state index >= 15 is 0 Å². The van der Waals surface area contributed by atoms with Gasteiger partial charge in [-0.3, -0.25) is 9.78 Å². The van der Waals surface area contributed by atoms with Gasteiger partial charge in [-0.2, -0.15) is 0 Å². The van der Waals surface area contributed by atoms with Gasteiger partial charge in [0.15, 0.2) is 0 Å². The molecule has 2 atom stereocenters. The first-order valence-corrected chi connectivity index (χ1v) is 9.59. The molecular formula is C22H28N2O3. The number of hydrogen-bond donors (Lipinski definition) is 0. The molecule has 1 aromatic carbocycles. The van der Waals surface area contributed by atoms with E-state index in [2.05, 4.69) is 24.0 Å². The summed E-state index contributed by atoms with van der Waals surface area (Å²) in [7, 11) is 0. The molecule has 0 bridgehead atoms. The SMILES string of the molecule is Cc1cccc(CN(Cc2ccccn2)C(=O)C(C)OCC2CCCO2)c1. The third-order valence-corrected chi connectivity index (χ3v) is 4.75. The molecule has 5 heteroatoms. The largest absolute Gasteiger partial charge is 0.376 e. The van der Waals surface area contributed by atoms with Crippen LogP contribution in [-0.2, 0) is 27.4 Å². The summed E-state index contributed by atoms with van der Waals surface area (Å²) in [4.78, 5) is 19.3. The first-order chi connectivity index (χ1) is 13.1. The van der Waals surface area contributed by atoms with Gasteiger partial charge in [-0.1, -0.05) is 35.9 Å². The highest BCUT2D eigenvalue weighted by Gasteiger charge is 2.24. The van der Waals surface area contributed by atoms with E-state index in [9.17, 15) is 4.79 Å². The molecule has 1 aromatic heterocycles. The van der Waals surface area contributed by atoms with E-state index in [1.807, 2.05) is 42.2 Å². The van der Waals surface area contributed by atoms with Crippen molar-refractivity contribution >= 4 is 5.91 Å². The minimum absolute atomic E-state index is 0.0276. The van der Waals surface area contributed by atoms with Crippen molar-refractivity contribution in [2.45, 2.75) is 52.0 Å². The van der Waals surface area contributed by atoms with Gasteiger partial charge in [0.1, 0.15) is 6.10 Å². The summed E-state index contributed by atoms with van der Waals surface area (Å²) in [6, 6.07) is 14.0. The van der Waals surface area contributed by atoms with Gasteiger partial charge in [0.25, 0.3) is 5.91 Å². The average Bonchev–Trinajstić information content (AvgIpc) is 3.19. The smallest absolute Gasteiger partial charge is 0.252 e. The highest BCUT2D eigenvalue weighted by molar-refractivity contribution is 5.80. The maximum atomic E-state index is 13.1. The monoisotopic (exact) mass is 368 g/mol. The number of rotatable bonds is 8. The topological polar surface area (TPSA) is 51.7 Å². The zero-order valence-corrected chi connectivity index (χ0v) is 16.1. The number of pyridine rings is 1. The van der Waals surface area contributed by atoms with Gasteiger partial charge >= 0.3 is 0 Å². The second kappa shape index (κ2) is 9.62. The first-order valence-electron chi connectivity index (χ1n) is 9.59. The van der Waals surface area contributed by atoms with Gasteiger partial charge in [0, 0.05) is 19.3 Å². The Hall–Kier alpha value is -2.24. The maximum absolute atomic E-state index is 13.1. The lowest BCUT2D eigenvalue weighted by atomic mass is 10.1. The van der Waals surface area contributed by atoms with Crippen LogP contribution in [0.3, 0.4) is 0 Å². The van der Waals surface area contributed by atoms with Crippen molar-refractivity contribution < 1.29 is 14.3 Å². The van der Waals surface area contributed by atoms with Gasteiger partial charge in [-0.25, -0.2) is 0 Å². The molecule has 0 saturated carbocycles. The Balaban J connectivity index is 1.68. The van der Waals surface area contributed by atoms with Crippen molar-refractivity contribution in [3.63, 3.8) is 0 Å². The Labute approximate surface area is 161 Å². The summed E-state index contributed by atoms with van der Waals surface area (Å²) in [6.45, 7) is 6.12. The minimum atomic E-state index is -0.511. The van der Waals surface area contributed by atoms with Crippen molar-refractivity contribution in [1.82, 2.24) is 9.88 Å². The summed E-state index contributed by atoms with van der Waals surface area (Å²) in [5.41, 5.74) is 3.15. The zero-order chi connectivity index (χ0) is 19.1. The average molecular weight is 368 g/mol. The van der Waals surface area contributed by atoms with Crippen LogP contribution in [0.2, 0.25) is 0 Å². The van der Waals surface area contributed by atoms with E-state index in [-0.39, 0.29) is 12.0 Å². The van der Waals surface area contributed by atoms with E-state index in [1.165, 1.54) is 5.56 Å². The molecule has 0 aliphatic carbocycles. The zero-order valence-electron chi connectivity index (χ0n) is 16.1. The second-order valence-electron chi connectivity index (χ2n) is 7.12. The molecule has 1 aliphatic heterocycles. The Morgan fingerprint density at radius 1 is 1.30 bits per heavy atom. The predicted octanol–water partition coefficient (Wildman–Crippen LogP) is 3.50. The quantitative estimate of drug-likeness (QED) is 0.716. The van der Waals surface area contributed by atoms with Crippen LogP contribution in [0, 0.1) is 6.92 Å². The number of aryl methyl sites for hydroxylation is 1.